The van der Waals surface area contributed by atoms with Gasteiger partial charge in [-0.1, -0.05) is 0 Å². The molecule has 13 nitrogen and oxygen atoms in total. The molecule has 3 fully saturated rings. The third kappa shape index (κ3) is 9.18. The van der Waals surface area contributed by atoms with E-state index in [2.05, 4.69) is 24.5 Å². The summed E-state index contributed by atoms with van der Waals surface area (Å²) in [6.45, 7) is 6.57. The zero-order valence-corrected chi connectivity index (χ0v) is 28.9. The maximum atomic E-state index is 14.3. The average Bonchev–Trinajstić information content (AvgIpc) is 3.04. The van der Waals surface area contributed by atoms with E-state index in [1.54, 1.807) is 13.8 Å². The van der Waals surface area contributed by atoms with E-state index in [1.165, 1.54) is 25.6 Å². The standard InChI is InChI=1S/C32H46F3N7O6S/c1-22(2)42(17-29(34)35)31(44)26-14-23(33)4-7-27(26)48-28-15-36-21-37-30(28)41-19-32(20-41)8-10-40(11-9-32)16-25-6-5-24(18-47-25)38-49(45,46)39(3)12-13-43/h4,7,14-15,21-22,24-25,29,38,43H,5-6,8-13,16-20H2,1-3H3/t24-,25+/m1/s1. The topological polar surface area (TPSA) is 141 Å². The van der Waals surface area contributed by atoms with Gasteiger partial charge in [0.1, 0.15) is 17.9 Å². The normalized spacial score (nSPS) is 21.4. The molecule has 3 aliphatic rings. The molecular weight excluding hydrogens is 667 g/mol. The SMILES string of the molecule is CC(C)N(CC(F)F)C(=O)c1cc(F)ccc1Oc1cncnc1N1CC2(CCN(C[C@@H]3CC[C@@H](NS(=O)(=O)N(C)CCO)CO3)CC2)C1. The van der Waals surface area contributed by atoms with E-state index < -0.39 is 40.9 Å². The van der Waals surface area contributed by atoms with Crippen LogP contribution >= 0.6 is 0 Å². The molecule has 49 heavy (non-hydrogen) atoms. The largest absolute Gasteiger partial charge is 0.451 e. The molecule has 5 rings (SSSR count). The number of amides is 1. The molecule has 0 radical (unpaired) electrons. The minimum Gasteiger partial charge on any atom is -0.451 e. The van der Waals surface area contributed by atoms with Gasteiger partial charge in [-0.2, -0.15) is 17.4 Å². The lowest BCUT2D eigenvalue weighted by molar-refractivity contribution is -0.0300. The number of carbonyl (C=O) groups excluding carboxylic acids is 1. The van der Waals surface area contributed by atoms with Crippen LogP contribution in [0.5, 0.6) is 11.5 Å². The van der Waals surface area contributed by atoms with E-state index in [-0.39, 0.29) is 47.8 Å². The Balaban J connectivity index is 1.14. The molecule has 3 saturated heterocycles. The first-order valence-electron chi connectivity index (χ1n) is 16.6. The molecule has 1 aromatic carbocycles. The molecule has 2 aromatic rings. The molecule has 2 N–H and O–H groups in total. The highest BCUT2D eigenvalue weighted by atomic mass is 32.2. The van der Waals surface area contributed by atoms with Gasteiger partial charge in [-0.25, -0.2) is 23.1 Å². The first kappa shape index (κ1) is 37.2. The van der Waals surface area contributed by atoms with Crippen molar-refractivity contribution in [2.24, 2.45) is 5.41 Å². The molecule has 1 amide bonds. The monoisotopic (exact) mass is 713 g/mol. The van der Waals surface area contributed by atoms with Crippen LogP contribution in [0.25, 0.3) is 0 Å². The van der Waals surface area contributed by atoms with E-state index in [0.29, 0.717) is 18.8 Å². The highest BCUT2D eigenvalue weighted by molar-refractivity contribution is 7.87. The minimum atomic E-state index is -3.68. The number of likely N-dealkylation sites (N-methyl/N-ethyl adjacent to an activating group) is 1. The second-order valence-corrected chi connectivity index (χ2v) is 15.3. The Kier molecular flexibility index (Phi) is 12.0. The van der Waals surface area contributed by atoms with Gasteiger partial charge in [-0.05, 0) is 70.8 Å². The van der Waals surface area contributed by atoms with Gasteiger partial charge in [0.15, 0.2) is 11.6 Å². The first-order valence-corrected chi connectivity index (χ1v) is 18.0. The van der Waals surface area contributed by atoms with Gasteiger partial charge in [0.25, 0.3) is 22.5 Å². The molecule has 0 bridgehead atoms. The van der Waals surface area contributed by atoms with Crippen molar-refractivity contribution in [3.8, 4) is 11.5 Å². The highest BCUT2D eigenvalue weighted by Crippen LogP contribution is 2.45. The Morgan fingerprint density at radius 2 is 1.94 bits per heavy atom. The Labute approximate surface area is 285 Å². The lowest BCUT2D eigenvalue weighted by Crippen LogP contribution is -2.61. The number of aliphatic hydroxyl groups excluding tert-OH is 1. The number of likely N-dealkylation sites (tertiary alicyclic amines) is 1. The smallest absolute Gasteiger partial charge is 0.279 e. The second-order valence-electron chi connectivity index (χ2n) is 13.4. The number of aliphatic hydroxyl groups is 1. The van der Waals surface area contributed by atoms with Crippen LogP contribution in [-0.4, -0.2) is 134 Å². The molecular formula is C32H46F3N7O6S. The van der Waals surface area contributed by atoms with Crippen molar-refractivity contribution in [1.82, 2.24) is 28.8 Å². The van der Waals surface area contributed by atoms with E-state index in [1.807, 2.05) is 0 Å². The van der Waals surface area contributed by atoms with Gasteiger partial charge in [-0.3, -0.25) is 4.79 Å². The Morgan fingerprint density at radius 1 is 1.20 bits per heavy atom. The molecule has 272 valence electrons. The number of anilines is 1. The summed E-state index contributed by atoms with van der Waals surface area (Å²) < 4.78 is 81.4. The van der Waals surface area contributed by atoms with Gasteiger partial charge >= 0.3 is 0 Å². The van der Waals surface area contributed by atoms with Crippen molar-refractivity contribution >= 4 is 21.9 Å². The zero-order valence-electron chi connectivity index (χ0n) is 28.1. The van der Waals surface area contributed by atoms with E-state index in [9.17, 15) is 26.4 Å². The van der Waals surface area contributed by atoms with E-state index >= 15 is 0 Å². The zero-order chi connectivity index (χ0) is 35.3. The van der Waals surface area contributed by atoms with Gasteiger partial charge in [-0.15, -0.1) is 0 Å². The fourth-order valence-electron chi connectivity index (χ4n) is 6.66. The molecule has 17 heteroatoms. The molecule has 0 unspecified atom stereocenters. The fraction of sp³-hybridized carbons (Fsp3) is 0.656. The summed E-state index contributed by atoms with van der Waals surface area (Å²) in [7, 11) is -2.25. The van der Waals surface area contributed by atoms with Crippen LogP contribution in [0.2, 0.25) is 0 Å². The maximum absolute atomic E-state index is 14.3. The Bertz CT molecular complexity index is 1530. The summed E-state index contributed by atoms with van der Waals surface area (Å²) >= 11 is 0. The average molecular weight is 714 g/mol. The quantitative estimate of drug-likeness (QED) is 0.301. The summed E-state index contributed by atoms with van der Waals surface area (Å²) in [5.41, 5.74) is -0.0683. The van der Waals surface area contributed by atoms with Gasteiger partial charge < -0.3 is 29.3 Å². The first-order chi connectivity index (χ1) is 23.3. The number of aromatic nitrogens is 2. The van der Waals surface area contributed by atoms with E-state index in [4.69, 9.17) is 14.6 Å². The lowest BCUT2D eigenvalue weighted by atomic mass is 9.72. The summed E-state index contributed by atoms with van der Waals surface area (Å²) in [4.78, 5) is 27.3. The van der Waals surface area contributed by atoms with Crippen LogP contribution in [0.1, 0.15) is 49.9 Å². The number of ether oxygens (including phenoxy) is 2. The third-order valence-corrected chi connectivity index (χ3v) is 11.1. The lowest BCUT2D eigenvalue weighted by Gasteiger charge is -2.54. The Morgan fingerprint density at radius 3 is 2.57 bits per heavy atom. The number of hydrogen-bond donors (Lipinski definition) is 2. The maximum Gasteiger partial charge on any atom is 0.279 e. The predicted molar refractivity (Wildman–Crippen MR) is 176 cm³/mol. The van der Waals surface area contributed by atoms with Crippen molar-refractivity contribution in [3.05, 3.63) is 42.1 Å². The number of benzene rings is 1. The van der Waals surface area contributed by atoms with Gasteiger partial charge in [0, 0.05) is 50.7 Å². The third-order valence-electron chi connectivity index (χ3n) is 9.51. The number of hydrogen-bond acceptors (Lipinski definition) is 10. The van der Waals surface area contributed by atoms with Crippen LogP contribution in [0.3, 0.4) is 0 Å². The van der Waals surface area contributed by atoms with Gasteiger partial charge in [0.05, 0.1) is 37.6 Å². The molecule has 0 saturated carbocycles. The summed E-state index contributed by atoms with van der Waals surface area (Å²) in [6, 6.07) is 2.59. The fourth-order valence-corrected chi connectivity index (χ4v) is 7.77. The number of rotatable bonds is 14. The van der Waals surface area contributed by atoms with Crippen molar-refractivity contribution in [3.63, 3.8) is 0 Å². The number of nitrogens with zero attached hydrogens (tertiary/aromatic N) is 6. The molecule has 0 aliphatic carbocycles. The summed E-state index contributed by atoms with van der Waals surface area (Å²) in [5, 5.41) is 9.04. The number of halogens is 3. The summed E-state index contributed by atoms with van der Waals surface area (Å²) in [5.74, 6) is -0.628. The van der Waals surface area contributed by atoms with Crippen LogP contribution in [-0.2, 0) is 14.9 Å². The van der Waals surface area contributed by atoms with Crippen molar-refractivity contribution in [2.45, 2.75) is 64.1 Å². The van der Waals surface area contributed by atoms with Crippen LogP contribution in [0, 0.1) is 11.2 Å². The molecule has 1 aromatic heterocycles. The van der Waals surface area contributed by atoms with E-state index in [0.717, 1.165) is 73.3 Å². The molecule has 1 spiro atoms. The van der Waals surface area contributed by atoms with Crippen molar-refractivity contribution in [1.29, 1.82) is 0 Å². The van der Waals surface area contributed by atoms with Crippen LogP contribution in [0.15, 0.2) is 30.7 Å². The van der Waals surface area contributed by atoms with Crippen molar-refractivity contribution in [2.75, 3.05) is 71.0 Å². The second kappa shape index (κ2) is 15.9. The number of alkyl halides is 2. The minimum absolute atomic E-state index is 0.0219. The predicted octanol–water partition coefficient (Wildman–Crippen LogP) is 2.73. The van der Waals surface area contributed by atoms with Gasteiger partial charge in [0.2, 0.25) is 0 Å². The highest BCUT2D eigenvalue weighted by Gasteiger charge is 2.46. The number of piperidine rings is 1. The van der Waals surface area contributed by atoms with Crippen molar-refractivity contribution < 1.29 is 41.0 Å². The number of nitrogens with one attached hydrogen (secondary N) is 1. The Hall–Kier alpha value is -3.09. The number of carbonyl (C=O) groups is 1. The molecule has 3 aliphatic heterocycles. The molecule has 2 atom stereocenters. The van der Waals surface area contributed by atoms with Crippen LogP contribution < -0.4 is 14.4 Å². The summed E-state index contributed by atoms with van der Waals surface area (Å²) in [6.07, 6.45) is 3.51. The molecule has 4 heterocycles. The van der Waals surface area contributed by atoms with Crippen LogP contribution in [0.4, 0.5) is 19.0 Å².